The van der Waals surface area contributed by atoms with Crippen molar-refractivity contribution in [1.82, 2.24) is 10.6 Å². The van der Waals surface area contributed by atoms with Crippen LogP contribution in [0.1, 0.15) is 37.7 Å². The first-order chi connectivity index (χ1) is 12.1. The summed E-state index contributed by atoms with van der Waals surface area (Å²) in [7, 11) is 0. The number of rotatable bonds is 5. The molecule has 1 heterocycles. The van der Waals surface area contributed by atoms with Gasteiger partial charge in [-0.3, -0.25) is 9.59 Å². The van der Waals surface area contributed by atoms with Crippen LogP contribution < -0.4 is 21.7 Å². The van der Waals surface area contributed by atoms with E-state index in [2.05, 4.69) is 37.9 Å². The molecule has 3 rings (SSSR count). The molecule has 0 aromatic heterocycles. The second-order valence-corrected chi connectivity index (χ2v) is 7.69. The number of anilines is 1. The largest absolute Gasteiger partial charge is 0.372 e. The Hall–Kier alpha value is -1.60. The molecule has 7 heteroatoms. The average molecular weight is 409 g/mol. The van der Waals surface area contributed by atoms with Crippen LogP contribution >= 0.6 is 15.9 Å². The molecule has 1 aliphatic heterocycles. The number of carbonyl (C=O) groups excluding carboxylic acids is 2. The predicted octanol–water partition coefficient (Wildman–Crippen LogP) is 1.68. The van der Waals surface area contributed by atoms with E-state index in [-0.39, 0.29) is 29.9 Å². The van der Waals surface area contributed by atoms with Gasteiger partial charge in [-0.05, 0) is 53.2 Å². The summed E-state index contributed by atoms with van der Waals surface area (Å²) < 4.78 is 0.994. The van der Waals surface area contributed by atoms with Crippen LogP contribution in [0.5, 0.6) is 0 Å². The van der Waals surface area contributed by atoms with Crippen molar-refractivity contribution < 1.29 is 9.59 Å². The molecule has 1 saturated carbocycles. The number of nitrogens with one attached hydrogen (secondary N) is 3. The summed E-state index contributed by atoms with van der Waals surface area (Å²) >= 11 is 3.52. The molecule has 6 nitrogen and oxygen atoms in total. The molecule has 1 fully saturated rings. The van der Waals surface area contributed by atoms with Crippen LogP contribution in [0.2, 0.25) is 0 Å². The van der Waals surface area contributed by atoms with E-state index < -0.39 is 0 Å². The number of benzene rings is 1. The van der Waals surface area contributed by atoms with Gasteiger partial charge >= 0.3 is 0 Å². The van der Waals surface area contributed by atoms with Crippen LogP contribution in [0, 0.1) is 0 Å². The van der Waals surface area contributed by atoms with Gasteiger partial charge in [0.05, 0.1) is 5.69 Å². The number of para-hydroxylation sites is 1. The van der Waals surface area contributed by atoms with Crippen molar-refractivity contribution in [3.8, 4) is 0 Å². The highest BCUT2D eigenvalue weighted by atomic mass is 79.9. The highest BCUT2D eigenvalue weighted by Crippen LogP contribution is 2.33. The van der Waals surface area contributed by atoms with Gasteiger partial charge in [0.15, 0.2) is 0 Å². The summed E-state index contributed by atoms with van der Waals surface area (Å²) in [6, 6.07) is 6.20. The maximum absolute atomic E-state index is 12.6. The van der Waals surface area contributed by atoms with Gasteiger partial charge in [0.2, 0.25) is 11.8 Å². The van der Waals surface area contributed by atoms with E-state index in [0.717, 1.165) is 35.8 Å². The Morgan fingerprint density at radius 2 is 1.84 bits per heavy atom. The molecule has 25 heavy (non-hydrogen) atoms. The zero-order valence-corrected chi connectivity index (χ0v) is 15.8. The molecule has 0 radical (unpaired) electrons. The minimum absolute atomic E-state index is 0.0217. The van der Waals surface area contributed by atoms with Crippen LogP contribution in [0.25, 0.3) is 0 Å². The van der Waals surface area contributed by atoms with Crippen LogP contribution in [0.15, 0.2) is 22.7 Å². The summed E-state index contributed by atoms with van der Waals surface area (Å²) in [5, 5.41) is 9.50. The Kier molecular flexibility index (Phi) is 5.96. The fraction of sp³-hybridized carbons (Fsp3) is 0.556. The fourth-order valence-electron chi connectivity index (χ4n) is 3.62. The number of fused-ring (bicyclic) bond motifs is 1. The number of halogens is 1. The number of amides is 2. The standard InChI is InChI=1S/C18H25BrN4O2/c19-14-3-1-2-11-10-15(23-17(11)14)18(25)22-13-6-4-12(5-7-13)21-16(24)8-9-20/h1-3,12-13,15,23H,4-10,20H2,(H,21,24)(H,22,25). The molecule has 1 aliphatic carbocycles. The number of hydrogen-bond acceptors (Lipinski definition) is 4. The molecule has 136 valence electrons. The Bertz CT molecular complexity index is 644. The molecule has 0 bridgehead atoms. The lowest BCUT2D eigenvalue weighted by Gasteiger charge is -2.30. The van der Waals surface area contributed by atoms with Gasteiger partial charge in [-0.2, -0.15) is 0 Å². The minimum atomic E-state index is -0.212. The van der Waals surface area contributed by atoms with Gasteiger partial charge in [0, 0.05) is 35.9 Å². The van der Waals surface area contributed by atoms with Gasteiger partial charge < -0.3 is 21.7 Å². The summed E-state index contributed by atoms with van der Waals surface area (Å²) in [5.41, 5.74) is 7.58. The molecule has 1 atom stereocenters. The first-order valence-electron chi connectivity index (χ1n) is 8.90. The van der Waals surface area contributed by atoms with Crippen molar-refractivity contribution in [2.75, 3.05) is 11.9 Å². The van der Waals surface area contributed by atoms with Gasteiger partial charge in [-0.1, -0.05) is 12.1 Å². The van der Waals surface area contributed by atoms with E-state index in [1.165, 1.54) is 5.56 Å². The molecular weight excluding hydrogens is 384 g/mol. The van der Waals surface area contributed by atoms with Crippen LogP contribution in [0.4, 0.5) is 5.69 Å². The highest BCUT2D eigenvalue weighted by molar-refractivity contribution is 9.10. The Morgan fingerprint density at radius 3 is 2.48 bits per heavy atom. The minimum Gasteiger partial charge on any atom is -0.372 e. The first-order valence-corrected chi connectivity index (χ1v) is 9.70. The quantitative estimate of drug-likeness (QED) is 0.595. The number of nitrogens with two attached hydrogens (primary N) is 1. The molecule has 2 amide bonds. The van der Waals surface area contributed by atoms with Gasteiger partial charge in [-0.25, -0.2) is 0 Å². The Morgan fingerprint density at radius 1 is 1.16 bits per heavy atom. The van der Waals surface area contributed by atoms with E-state index in [1.54, 1.807) is 0 Å². The summed E-state index contributed by atoms with van der Waals surface area (Å²) in [4.78, 5) is 24.2. The zero-order valence-electron chi connectivity index (χ0n) is 14.2. The van der Waals surface area contributed by atoms with Crippen LogP contribution in [-0.4, -0.2) is 36.5 Å². The van der Waals surface area contributed by atoms with E-state index in [4.69, 9.17) is 5.73 Å². The lowest BCUT2D eigenvalue weighted by atomic mass is 9.90. The molecule has 1 aromatic carbocycles. The summed E-state index contributed by atoms with van der Waals surface area (Å²) in [6.07, 6.45) is 4.66. The number of hydrogen-bond donors (Lipinski definition) is 4. The first kappa shape index (κ1) is 18.2. The Labute approximate surface area is 156 Å². The van der Waals surface area contributed by atoms with Gasteiger partial charge in [0.25, 0.3) is 0 Å². The topological polar surface area (TPSA) is 96.2 Å². The molecule has 0 saturated heterocycles. The second kappa shape index (κ2) is 8.19. The van der Waals surface area contributed by atoms with E-state index >= 15 is 0 Å². The highest BCUT2D eigenvalue weighted by Gasteiger charge is 2.30. The van der Waals surface area contributed by atoms with Crippen molar-refractivity contribution in [3.63, 3.8) is 0 Å². The third-order valence-electron chi connectivity index (χ3n) is 4.97. The lowest BCUT2D eigenvalue weighted by molar-refractivity contribution is -0.123. The summed E-state index contributed by atoms with van der Waals surface area (Å²) in [5.74, 6) is 0.0761. The van der Waals surface area contributed by atoms with Crippen molar-refractivity contribution in [2.45, 2.75) is 56.7 Å². The van der Waals surface area contributed by atoms with Crippen LogP contribution in [0.3, 0.4) is 0 Å². The van der Waals surface area contributed by atoms with Crippen molar-refractivity contribution in [1.29, 1.82) is 0 Å². The fourth-order valence-corrected chi connectivity index (χ4v) is 4.14. The maximum Gasteiger partial charge on any atom is 0.243 e. The molecule has 5 N–H and O–H groups in total. The Balaban J connectivity index is 1.45. The second-order valence-electron chi connectivity index (χ2n) is 6.84. The maximum atomic E-state index is 12.6. The molecule has 2 aliphatic rings. The molecule has 1 aromatic rings. The zero-order chi connectivity index (χ0) is 17.8. The van der Waals surface area contributed by atoms with E-state index in [1.807, 2.05) is 12.1 Å². The van der Waals surface area contributed by atoms with Gasteiger partial charge in [0.1, 0.15) is 6.04 Å². The third-order valence-corrected chi connectivity index (χ3v) is 5.63. The SMILES string of the molecule is NCCC(=O)NC1CCC(NC(=O)C2Cc3cccc(Br)c3N2)CC1. The average Bonchev–Trinajstić information content (AvgIpc) is 3.03. The smallest absolute Gasteiger partial charge is 0.243 e. The molecule has 1 unspecified atom stereocenters. The molecule has 0 spiro atoms. The van der Waals surface area contributed by atoms with E-state index in [0.29, 0.717) is 19.4 Å². The third kappa shape index (κ3) is 4.52. The summed E-state index contributed by atoms with van der Waals surface area (Å²) in [6.45, 7) is 0.379. The van der Waals surface area contributed by atoms with Crippen molar-refractivity contribution in [2.24, 2.45) is 5.73 Å². The lowest BCUT2D eigenvalue weighted by Crippen LogP contribution is -2.47. The molecular formula is C18H25BrN4O2. The van der Waals surface area contributed by atoms with Crippen molar-refractivity contribution in [3.05, 3.63) is 28.2 Å². The van der Waals surface area contributed by atoms with Gasteiger partial charge in [-0.15, -0.1) is 0 Å². The van der Waals surface area contributed by atoms with E-state index in [9.17, 15) is 9.59 Å². The monoisotopic (exact) mass is 408 g/mol. The number of carbonyl (C=O) groups is 2. The van der Waals surface area contributed by atoms with Crippen molar-refractivity contribution >= 4 is 33.4 Å². The predicted molar refractivity (Wildman–Crippen MR) is 101 cm³/mol. The van der Waals surface area contributed by atoms with Crippen LogP contribution in [-0.2, 0) is 16.0 Å². The normalized spacial score (nSPS) is 25.0.